The van der Waals surface area contributed by atoms with Gasteiger partial charge in [0.05, 0.1) is 18.5 Å². The van der Waals surface area contributed by atoms with Crippen LogP contribution in [0.25, 0.3) is 0 Å². The van der Waals surface area contributed by atoms with E-state index < -0.39 is 0 Å². The molecule has 0 aliphatic carbocycles. The molecule has 0 saturated carbocycles. The molecule has 0 aliphatic heterocycles. The van der Waals surface area contributed by atoms with Gasteiger partial charge in [-0.15, -0.1) is 11.3 Å². The summed E-state index contributed by atoms with van der Waals surface area (Å²) >= 11 is 1.75. The number of hydrogen-bond donors (Lipinski definition) is 1. The van der Waals surface area contributed by atoms with E-state index in [0.717, 1.165) is 29.7 Å². The maximum absolute atomic E-state index is 5.37. The third kappa shape index (κ3) is 3.36. The van der Waals surface area contributed by atoms with Crippen LogP contribution in [0, 0.1) is 6.92 Å². The van der Waals surface area contributed by atoms with Gasteiger partial charge >= 0.3 is 0 Å². The fourth-order valence-corrected chi connectivity index (χ4v) is 3.11. The van der Waals surface area contributed by atoms with Crippen LogP contribution in [0.4, 0.5) is 5.13 Å². The fourth-order valence-electron chi connectivity index (χ4n) is 2.06. The topological polar surface area (TPSA) is 41.3 Å². The van der Waals surface area contributed by atoms with Gasteiger partial charge in [0.15, 0.2) is 5.13 Å². The molecule has 0 aliphatic rings. The van der Waals surface area contributed by atoms with E-state index in [1.165, 1.54) is 4.88 Å². The number of rotatable bonds is 6. The Morgan fingerprint density at radius 2 is 2.32 bits per heavy atom. The number of aromatic nitrogens is 1. The monoisotopic (exact) mass is 279 g/mol. The van der Waals surface area contributed by atoms with Crippen molar-refractivity contribution in [2.45, 2.75) is 33.4 Å². The largest absolute Gasteiger partial charge is 0.467 e. The summed E-state index contributed by atoms with van der Waals surface area (Å²) in [5.41, 5.74) is 1.11. The van der Waals surface area contributed by atoms with Crippen molar-refractivity contribution in [1.29, 1.82) is 0 Å². The average Bonchev–Trinajstić information content (AvgIpc) is 2.98. The van der Waals surface area contributed by atoms with E-state index in [1.807, 2.05) is 19.2 Å². The first-order chi connectivity index (χ1) is 9.11. The van der Waals surface area contributed by atoms with Crippen molar-refractivity contribution in [3.63, 3.8) is 0 Å². The Kier molecular flexibility index (Phi) is 4.61. The number of hydrogen-bond acceptors (Lipinski definition) is 5. The summed E-state index contributed by atoms with van der Waals surface area (Å²) in [5, 5.41) is 4.47. The lowest BCUT2D eigenvalue weighted by Gasteiger charge is -2.13. The van der Waals surface area contributed by atoms with E-state index in [9.17, 15) is 0 Å². The molecule has 0 spiro atoms. The van der Waals surface area contributed by atoms with Gasteiger partial charge in [-0.1, -0.05) is 6.92 Å². The van der Waals surface area contributed by atoms with Crippen molar-refractivity contribution in [3.05, 3.63) is 34.7 Å². The molecule has 0 saturated heterocycles. The smallest absolute Gasteiger partial charge is 0.185 e. The molecule has 4 nitrogen and oxygen atoms in total. The highest BCUT2D eigenvalue weighted by atomic mass is 32.1. The predicted octanol–water partition coefficient (Wildman–Crippen LogP) is 3.35. The Balaban J connectivity index is 2.10. The summed E-state index contributed by atoms with van der Waals surface area (Å²) in [6, 6.07) is 4.25. The second-order valence-electron chi connectivity index (χ2n) is 4.66. The molecule has 1 unspecified atom stereocenters. The number of furan rings is 1. The highest BCUT2D eigenvalue weighted by Gasteiger charge is 2.16. The number of nitrogens with one attached hydrogen (secondary N) is 1. The second kappa shape index (κ2) is 6.21. The molecule has 2 aromatic rings. The maximum Gasteiger partial charge on any atom is 0.185 e. The van der Waals surface area contributed by atoms with E-state index in [1.54, 1.807) is 17.6 Å². The summed E-state index contributed by atoms with van der Waals surface area (Å²) in [5.74, 6) is 0.955. The van der Waals surface area contributed by atoms with Gasteiger partial charge < -0.3 is 14.6 Å². The SMILES string of the molecule is CCNC(C)c1sc(N(C)Cc2ccco2)nc1C. The van der Waals surface area contributed by atoms with Gasteiger partial charge in [0.25, 0.3) is 0 Å². The minimum atomic E-state index is 0.355. The van der Waals surface area contributed by atoms with Crippen molar-refractivity contribution in [2.24, 2.45) is 0 Å². The van der Waals surface area contributed by atoms with Crippen LogP contribution in [-0.4, -0.2) is 18.6 Å². The summed E-state index contributed by atoms with van der Waals surface area (Å²) in [6.45, 7) is 8.09. The molecule has 19 heavy (non-hydrogen) atoms. The third-order valence-corrected chi connectivity index (χ3v) is 4.48. The Labute approximate surface area is 118 Å². The standard InChI is InChI=1S/C14H21N3OS/c1-5-15-10(2)13-11(3)16-14(19-13)17(4)9-12-7-6-8-18-12/h6-8,10,15H,5,9H2,1-4H3. The zero-order valence-corrected chi connectivity index (χ0v) is 12.8. The van der Waals surface area contributed by atoms with Crippen LogP contribution < -0.4 is 10.2 Å². The Bertz CT molecular complexity index is 507. The zero-order chi connectivity index (χ0) is 13.8. The predicted molar refractivity (Wildman–Crippen MR) is 79.8 cm³/mol. The molecule has 0 radical (unpaired) electrons. The number of anilines is 1. The van der Waals surface area contributed by atoms with Crippen LogP contribution in [-0.2, 0) is 6.54 Å². The lowest BCUT2D eigenvalue weighted by atomic mass is 10.2. The van der Waals surface area contributed by atoms with Crippen LogP contribution in [0.15, 0.2) is 22.8 Å². The molecule has 2 heterocycles. The molecule has 0 amide bonds. The van der Waals surface area contributed by atoms with Crippen molar-refractivity contribution in [2.75, 3.05) is 18.5 Å². The van der Waals surface area contributed by atoms with Gasteiger partial charge in [-0.25, -0.2) is 4.98 Å². The van der Waals surface area contributed by atoms with Gasteiger partial charge in [0, 0.05) is 18.0 Å². The van der Waals surface area contributed by atoms with Crippen LogP contribution in [0.3, 0.4) is 0 Å². The quantitative estimate of drug-likeness (QED) is 0.880. The maximum atomic E-state index is 5.37. The van der Waals surface area contributed by atoms with E-state index in [4.69, 9.17) is 4.42 Å². The van der Waals surface area contributed by atoms with Gasteiger partial charge in [-0.05, 0) is 32.5 Å². The third-order valence-electron chi connectivity index (χ3n) is 3.02. The Morgan fingerprint density at radius 3 is 2.95 bits per heavy atom. The van der Waals surface area contributed by atoms with E-state index in [-0.39, 0.29) is 0 Å². The molecule has 104 valence electrons. The van der Waals surface area contributed by atoms with Gasteiger partial charge in [-0.3, -0.25) is 0 Å². The van der Waals surface area contributed by atoms with Crippen molar-refractivity contribution in [3.8, 4) is 0 Å². The molecular weight excluding hydrogens is 258 g/mol. The van der Waals surface area contributed by atoms with Crippen molar-refractivity contribution < 1.29 is 4.42 Å². The van der Waals surface area contributed by atoms with Gasteiger partial charge in [0.1, 0.15) is 5.76 Å². The molecule has 0 fully saturated rings. The average molecular weight is 279 g/mol. The minimum Gasteiger partial charge on any atom is -0.467 e. The summed E-state index contributed by atoms with van der Waals surface area (Å²) in [4.78, 5) is 8.09. The molecule has 0 bridgehead atoms. The summed E-state index contributed by atoms with van der Waals surface area (Å²) < 4.78 is 5.37. The number of aryl methyl sites for hydroxylation is 1. The Hall–Kier alpha value is -1.33. The number of nitrogens with zero attached hydrogens (tertiary/aromatic N) is 2. The first-order valence-corrected chi connectivity index (χ1v) is 7.37. The normalized spacial score (nSPS) is 12.6. The van der Waals surface area contributed by atoms with E-state index in [2.05, 4.69) is 36.0 Å². The highest BCUT2D eigenvalue weighted by molar-refractivity contribution is 7.15. The molecule has 2 rings (SSSR count). The lowest BCUT2D eigenvalue weighted by molar-refractivity contribution is 0.507. The highest BCUT2D eigenvalue weighted by Crippen LogP contribution is 2.30. The first kappa shape index (κ1) is 14.1. The molecule has 1 atom stereocenters. The van der Waals surface area contributed by atoms with Gasteiger partial charge in [0.2, 0.25) is 0 Å². The summed E-state index contributed by atoms with van der Waals surface area (Å²) in [6.07, 6.45) is 1.70. The van der Waals surface area contributed by atoms with Crippen molar-refractivity contribution in [1.82, 2.24) is 10.3 Å². The minimum absolute atomic E-state index is 0.355. The molecule has 0 aromatic carbocycles. The lowest BCUT2D eigenvalue weighted by Crippen LogP contribution is -2.17. The van der Waals surface area contributed by atoms with E-state index >= 15 is 0 Å². The Morgan fingerprint density at radius 1 is 1.53 bits per heavy atom. The second-order valence-corrected chi connectivity index (χ2v) is 5.67. The van der Waals surface area contributed by atoms with Crippen LogP contribution in [0.5, 0.6) is 0 Å². The van der Waals surface area contributed by atoms with E-state index in [0.29, 0.717) is 6.04 Å². The van der Waals surface area contributed by atoms with Gasteiger partial charge in [-0.2, -0.15) is 0 Å². The fraction of sp³-hybridized carbons (Fsp3) is 0.500. The van der Waals surface area contributed by atoms with Crippen LogP contribution in [0.1, 0.15) is 36.2 Å². The first-order valence-electron chi connectivity index (χ1n) is 6.56. The number of thiazole rings is 1. The van der Waals surface area contributed by atoms with Crippen LogP contribution in [0.2, 0.25) is 0 Å². The molecule has 5 heteroatoms. The van der Waals surface area contributed by atoms with Crippen LogP contribution >= 0.6 is 11.3 Å². The molecule has 2 aromatic heterocycles. The molecular formula is C14H21N3OS. The summed E-state index contributed by atoms with van der Waals surface area (Å²) in [7, 11) is 2.04. The molecule has 1 N–H and O–H groups in total. The van der Waals surface area contributed by atoms with Crippen molar-refractivity contribution >= 4 is 16.5 Å². The zero-order valence-electron chi connectivity index (χ0n) is 11.9.